The maximum absolute atomic E-state index is 12.3. The minimum absolute atomic E-state index is 0.0972. The van der Waals surface area contributed by atoms with E-state index in [1.54, 1.807) is 12.2 Å². The lowest BCUT2D eigenvalue weighted by atomic mass is 10.00. The molecular weight excluding hydrogens is 246 g/mol. The molecule has 3 rings (SSSR count). The Hall–Kier alpha value is -1.65. The number of aliphatic carboxylic acids is 1. The molecule has 3 aliphatic rings. The highest BCUT2D eigenvalue weighted by molar-refractivity contribution is 6.06. The van der Waals surface area contributed by atoms with Crippen molar-refractivity contribution in [1.29, 1.82) is 0 Å². The molecule has 0 aromatic carbocycles. The number of hydrogen-bond donors (Lipinski definition) is 1. The summed E-state index contributed by atoms with van der Waals surface area (Å²) in [6.45, 7) is 2.07. The normalized spacial score (nSPS) is 41.1. The number of carbonyl (C=O) groups is 3. The van der Waals surface area contributed by atoms with Gasteiger partial charge in [-0.3, -0.25) is 19.3 Å². The molecule has 1 N–H and O–H groups in total. The van der Waals surface area contributed by atoms with Crippen molar-refractivity contribution in [2.45, 2.75) is 32.2 Å². The van der Waals surface area contributed by atoms with Crippen LogP contribution in [0.1, 0.15) is 26.2 Å². The molecule has 4 atom stereocenters. The summed E-state index contributed by atoms with van der Waals surface area (Å²) in [5, 5.41) is 8.96. The zero-order valence-corrected chi connectivity index (χ0v) is 10.8. The summed E-state index contributed by atoms with van der Waals surface area (Å²) >= 11 is 0. The van der Waals surface area contributed by atoms with Gasteiger partial charge in [0, 0.05) is 0 Å². The van der Waals surface area contributed by atoms with Crippen molar-refractivity contribution in [3.63, 3.8) is 0 Å². The number of carboxylic acid groups (broad SMARTS) is 1. The molecule has 102 valence electrons. The molecule has 2 fully saturated rings. The summed E-state index contributed by atoms with van der Waals surface area (Å²) in [4.78, 5) is 36.9. The molecule has 5 nitrogen and oxygen atoms in total. The van der Waals surface area contributed by atoms with E-state index in [4.69, 9.17) is 5.11 Å². The van der Waals surface area contributed by atoms with Gasteiger partial charge >= 0.3 is 5.97 Å². The first kappa shape index (κ1) is 12.4. The van der Waals surface area contributed by atoms with Gasteiger partial charge in [-0.2, -0.15) is 0 Å². The number of rotatable bonds is 2. The van der Waals surface area contributed by atoms with E-state index in [1.807, 2.05) is 0 Å². The molecule has 0 aromatic heterocycles. The highest BCUT2D eigenvalue weighted by Gasteiger charge is 2.53. The van der Waals surface area contributed by atoms with Crippen molar-refractivity contribution in [2.75, 3.05) is 0 Å². The van der Waals surface area contributed by atoms with E-state index in [1.165, 1.54) is 4.90 Å². The minimum Gasteiger partial charge on any atom is -0.481 e. The van der Waals surface area contributed by atoms with Crippen LogP contribution >= 0.6 is 0 Å². The van der Waals surface area contributed by atoms with E-state index in [2.05, 4.69) is 6.92 Å². The fourth-order valence-corrected chi connectivity index (χ4v) is 3.68. The van der Waals surface area contributed by atoms with Crippen LogP contribution in [0.4, 0.5) is 0 Å². The summed E-state index contributed by atoms with van der Waals surface area (Å²) < 4.78 is 0. The van der Waals surface area contributed by atoms with Crippen molar-refractivity contribution < 1.29 is 19.5 Å². The van der Waals surface area contributed by atoms with Crippen molar-refractivity contribution in [1.82, 2.24) is 4.90 Å². The third-order valence-corrected chi connectivity index (χ3v) is 4.62. The lowest BCUT2D eigenvalue weighted by molar-refractivity contribution is -0.145. The fourth-order valence-electron chi connectivity index (χ4n) is 3.68. The van der Waals surface area contributed by atoms with Gasteiger partial charge in [-0.05, 0) is 25.2 Å². The maximum atomic E-state index is 12.3. The van der Waals surface area contributed by atoms with E-state index < -0.39 is 11.9 Å². The first-order valence-corrected chi connectivity index (χ1v) is 6.77. The van der Waals surface area contributed by atoms with Crippen LogP contribution in [-0.2, 0) is 14.4 Å². The molecule has 4 unspecified atom stereocenters. The van der Waals surface area contributed by atoms with Crippen molar-refractivity contribution >= 4 is 17.8 Å². The second-order valence-electron chi connectivity index (χ2n) is 5.97. The lowest BCUT2D eigenvalue weighted by Gasteiger charge is -2.23. The van der Waals surface area contributed by atoms with E-state index in [9.17, 15) is 14.4 Å². The number of hydrogen-bond acceptors (Lipinski definition) is 3. The fraction of sp³-hybridized carbons (Fsp3) is 0.643. The SMILES string of the molecule is CC1CC2C(=O)N(C3C=CC(C(=O)O)C3)C(=O)C2C1. The van der Waals surface area contributed by atoms with Crippen LogP contribution in [0.5, 0.6) is 0 Å². The molecule has 0 aromatic rings. The van der Waals surface area contributed by atoms with Gasteiger partial charge in [-0.25, -0.2) is 0 Å². The van der Waals surface area contributed by atoms with E-state index in [0.29, 0.717) is 12.3 Å². The summed E-state index contributed by atoms with van der Waals surface area (Å²) in [7, 11) is 0. The highest BCUT2D eigenvalue weighted by Crippen LogP contribution is 2.44. The van der Waals surface area contributed by atoms with Gasteiger partial charge in [-0.15, -0.1) is 0 Å². The van der Waals surface area contributed by atoms with Gasteiger partial charge in [-0.1, -0.05) is 19.1 Å². The zero-order chi connectivity index (χ0) is 13.7. The van der Waals surface area contributed by atoms with Crippen LogP contribution in [0, 0.1) is 23.7 Å². The van der Waals surface area contributed by atoms with Gasteiger partial charge in [0.2, 0.25) is 11.8 Å². The van der Waals surface area contributed by atoms with Crippen LogP contribution in [0.2, 0.25) is 0 Å². The first-order chi connectivity index (χ1) is 8.99. The summed E-state index contributed by atoms with van der Waals surface area (Å²) in [6, 6.07) is -0.359. The topological polar surface area (TPSA) is 74.7 Å². The van der Waals surface area contributed by atoms with Gasteiger partial charge in [0.05, 0.1) is 23.8 Å². The van der Waals surface area contributed by atoms with Crippen molar-refractivity contribution in [3.05, 3.63) is 12.2 Å². The Balaban J connectivity index is 1.77. The number of carbonyl (C=O) groups excluding carboxylic acids is 2. The van der Waals surface area contributed by atoms with Crippen LogP contribution in [-0.4, -0.2) is 33.8 Å². The molecule has 2 aliphatic carbocycles. The average molecular weight is 263 g/mol. The molecule has 19 heavy (non-hydrogen) atoms. The van der Waals surface area contributed by atoms with Gasteiger partial charge in [0.25, 0.3) is 0 Å². The second kappa shape index (κ2) is 4.18. The maximum Gasteiger partial charge on any atom is 0.310 e. The Morgan fingerprint density at radius 2 is 1.74 bits per heavy atom. The predicted octanol–water partition coefficient (Wildman–Crippen LogP) is 1.05. The molecule has 5 heteroatoms. The molecule has 1 saturated carbocycles. The number of nitrogens with zero attached hydrogens (tertiary/aromatic N) is 1. The highest BCUT2D eigenvalue weighted by atomic mass is 16.4. The number of imide groups is 1. The molecule has 1 aliphatic heterocycles. The van der Waals surface area contributed by atoms with Gasteiger partial charge < -0.3 is 5.11 Å². The van der Waals surface area contributed by atoms with Gasteiger partial charge in [0.1, 0.15) is 0 Å². The number of carboxylic acids is 1. The predicted molar refractivity (Wildman–Crippen MR) is 65.9 cm³/mol. The summed E-state index contributed by atoms with van der Waals surface area (Å²) in [5.41, 5.74) is 0. The Bertz CT molecular complexity index is 460. The van der Waals surface area contributed by atoms with Crippen LogP contribution < -0.4 is 0 Å². The quantitative estimate of drug-likeness (QED) is 0.597. The van der Waals surface area contributed by atoms with Crippen LogP contribution in [0.15, 0.2) is 12.2 Å². The Kier molecular flexibility index (Phi) is 2.73. The summed E-state index contributed by atoms with van der Waals surface area (Å²) in [5.74, 6) is -1.58. The average Bonchev–Trinajstić information content (AvgIpc) is 2.99. The lowest BCUT2D eigenvalue weighted by Crippen LogP contribution is -2.40. The van der Waals surface area contributed by atoms with E-state index in [0.717, 1.165) is 12.8 Å². The summed E-state index contributed by atoms with van der Waals surface area (Å²) in [6.07, 6.45) is 5.17. The Morgan fingerprint density at radius 1 is 1.16 bits per heavy atom. The molecular formula is C14H17NO4. The van der Waals surface area contributed by atoms with Crippen molar-refractivity contribution in [3.8, 4) is 0 Å². The van der Waals surface area contributed by atoms with E-state index in [-0.39, 0.29) is 29.7 Å². The molecule has 0 spiro atoms. The third-order valence-electron chi connectivity index (χ3n) is 4.62. The Labute approximate surface area is 111 Å². The van der Waals surface area contributed by atoms with Crippen LogP contribution in [0.3, 0.4) is 0 Å². The minimum atomic E-state index is -0.897. The molecule has 2 amide bonds. The molecule has 0 radical (unpaired) electrons. The largest absolute Gasteiger partial charge is 0.481 e. The number of fused-ring (bicyclic) bond motifs is 1. The van der Waals surface area contributed by atoms with Crippen molar-refractivity contribution in [2.24, 2.45) is 23.7 Å². The van der Waals surface area contributed by atoms with Gasteiger partial charge in [0.15, 0.2) is 0 Å². The Morgan fingerprint density at radius 3 is 2.21 bits per heavy atom. The van der Waals surface area contributed by atoms with E-state index >= 15 is 0 Å². The molecule has 0 bridgehead atoms. The number of likely N-dealkylation sites (tertiary alicyclic amines) is 1. The first-order valence-electron chi connectivity index (χ1n) is 6.77. The second-order valence-corrected chi connectivity index (χ2v) is 5.97. The van der Waals surface area contributed by atoms with Crippen LogP contribution in [0.25, 0.3) is 0 Å². The molecule has 1 saturated heterocycles. The third kappa shape index (κ3) is 1.79. The molecule has 1 heterocycles. The smallest absolute Gasteiger partial charge is 0.310 e. The number of amides is 2. The standard InChI is InChI=1S/C14H17NO4/c1-7-4-10-11(5-7)13(17)15(12(10)16)9-3-2-8(6-9)14(18)19/h2-3,7-11H,4-6H2,1H3,(H,18,19). The monoisotopic (exact) mass is 263 g/mol. The zero-order valence-electron chi connectivity index (χ0n) is 10.8.